The SMILES string of the molecule is CCc1nn(C)cc1NC(=O)CC1CCNCC1. The molecule has 0 atom stereocenters. The summed E-state index contributed by atoms with van der Waals surface area (Å²) < 4.78 is 1.75. The van der Waals surface area contributed by atoms with Crippen molar-refractivity contribution >= 4 is 11.6 Å². The molecule has 0 spiro atoms. The smallest absolute Gasteiger partial charge is 0.224 e. The normalized spacial score (nSPS) is 16.8. The third kappa shape index (κ3) is 3.32. The first kappa shape index (κ1) is 13.1. The van der Waals surface area contributed by atoms with E-state index in [2.05, 4.69) is 15.7 Å². The van der Waals surface area contributed by atoms with E-state index >= 15 is 0 Å². The minimum Gasteiger partial charge on any atom is -0.323 e. The number of hydrogen-bond acceptors (Lipinski definition) is 3. The standard InChI is InChI=1S/C13H22N4O/c1-3-11-12(9-17(2)16-11)15-13(18)8-10-4-6-14-7-5-10/h9-10,14H,3-8H2,1-2H3,(H,15,18). The molecule has 0 unspecified atom stereocenters. The number of nitrogens with zero attached hydrogens (tertiary/aromatic N) is 2. The summed E-state index contributed by atoms with van der Waals surface area (Å²) in [5.74, 6) is 0.637. The Balaban J connectivity index is 1.89. The Kier molecular flexibility index (Phi) is 4.36. The second kappa shape index (κ2) is 6.00. The molecule has 0 aromatic carbocycles. The second-order valence-corrected chi connectivity index (χ2v) is 4.96. The molecule has 1 aliphatic heterocycles. The van der Waals surface area contributed by atoms with Gasteiger partial charge >= 0.3 is 0 Å². The van der Waals surface area contributed by atoms with E-state index in [1.54, 1.807) is 4.68 Å². The molecule has 5 nitrogen and oxygen atoms in total. The number of hydrogen-bond donors (Lipinski definition) is 2. The first-order valence-electron chi connectivity index (χ1n) is 6.72. The molecule has 1 saturated heterocycles. The van der Waals surface area contributed by atoms with Crippen molar-refractivity contribution in [1.82, 2.24) is 15.1 Å². The molecule has 100 valence electrons. The summed E-state index contributed by atoms with van der Waals surface area (Å²) in [5.41, 5.74) is 1.81. The van der Waals surface area contributed by atoms with Crippen molar-refractivity contribution < 1.29 is 4.79 Å². The predicted octanol–water partition coefficient (Wildman–Crippen LogP) is 1.31. The van der Waals surface area contributed by atoms with Crippen LogP contribution in [0.2, 0.25) is 0 Å². The Morgan fingerprint density at radius 3 is 2.94 bits per heavy atom. The van der Waals surface area contributed by atoms with Crippen molar-refractivity contribution in [2.24, 2.45) is 13.0 Å². The fourth-order valence-corrected chi connectivity index (χ4v) is 2.45. The number of rotatable bonds is 4. The molecule has 5 heteroatoms. The lowest BCUT2D eigenvalue weighted by molar-refractivity contribution is -0.117. The van der Waals surface area contributed by atoms with E-state index < -0.39 is 0 Å². The summed E-state index contributed by atoms with van der Waals surface area (Å²) in [6.07, 6.45) is 5.53. The third-order valence-corrected chi connectivity index (χ3v) is 3.45. The molecule has 1 fully saturated rings. The topological polar surface area (TPSA) is 59.0 Å². The summed E-state index contributed by atoms with van der Waals surface area (Å²) in [5, 5.41) is 10.6. The minimum absolute atomic E-state index is 0.115. The predicted molar refractivity (Wildman–Crippen MR) is 71.4 cm³/mol. The van der Waals surface area contributed by atoms with E-state index in [4.69, 9.17) is 0 Å². The highest BCUT2D eigenvalue weighted by Crippen LogP contribution is 2.18. The van der Waals surface area contributed by atoms with E-state index in [1.165, 1.54) is 0 Å². The van der Waals surface area contributed by atoms with Crippen molar-refractivity contribution in [2.45, 2.75) is 32.6 Å². The van der Waals surface area contributed by atoms with Crippen molar-refractivity contribution in [3.63, 3.8) is 0 Å². The molecule has 1 amide bonds. The van der Waals surface area contributed by atoms with E-state index in [1.807, 2.05) is 20.2 Å². The number of aryl methyl sites for hydroxylation is 2. The molecule has 1 aromatic rings. The van der Waals surface area contributed by atoms with Crippen LogP contribution in [0.5, 0.6) is 0 Å². The molecular weight excluding hydrogens is 228 g/mol. The van der Waals surface area contributed by atoms with Crippen LogP contribution in [0, 0.1) is 5.92 Å². The molecule has 0 radical (unpaired) electrons. The highest BCUT2D eigenvalue weighted by Gasteiger charge is 2.17. The maximum absolute atomic E-state index is 12.0. The summed E-state index contributed by atoms with van der Waals surface area (Å²) in [7, 11) is 1.88. The number of carbonyl (C=O) groups is 1. The summed E-state index contributed by atoms with van der Waals surface area (Å²) in [6, 6.07) is 0. The van der Waals surface area contributed by atoms with Gasteiger partial charge in [-0.05, 0) is 38.3 Å². The van der Waals surface area contributed by atoms with Crippen LogP contribution in [0.15, 0.2) is 6.20 Å². The number of aromatic nitrogens is 2. The largest absolute Gasteiger partial charge is 0.323 e. The number of carbonyl (C=O) groups excluding carboxylic acids is 1. The Labute approximate surface area is 108 Å². The molecule has 0 saturated carbocycles. The molecule has 2 N–H and O–H groups in total. The quantitative estimate of drug-likeness (QED) is 0.847. The van der Waals surface area contributed by atoms with Gasteiger partial charge in [-0.1, -0.05) is 6.92 Å². The van der Waals surface area contributed by atoms with Gasteiger partial charge in [-0.2, -0.15) is 5.10 Å². The van der Waals surface area contributed by atoms with Crippen molar-refractivity contribution in [1.29, 1.82) is 0 Å². The maximum Gasteiger partial charge on any atom is 0.224 e. The first-order valence-corrected chi connectivity index (χ1v) is 6.72. The van der Waals surface area contributed by atoms with Crippen LogP contribution < -0.4 is 10.6 Å². The molecule has 18 heavy (non-hydrogen) atoms. The number of amides is 1. The Bertz CT molecular complexity index is 407. The molecule has 0 bridgehead atoms. The van der Waals surface area contributed by atoms with E-state index in [0.29, 0.717) is 12.3 Å². The molecule has 2 rings (SSSR count). The maximum atomic E-state index is 12.0. The summed E-state index contributed by atoms with van der Waals surface area (Å²) >= 11 is 0. The molecule has 0 aliphatic carbocycles. The van der Waals surface area contributed by atoms with Gasteiger partial charge in [-0.15, -0.1) is 0 Å². The van der Waals surface area contributed by atoms with Crippen LogP contribution in [0.3, 0.4) is 0 Å². The van der Waals surface area contributed by atoms with E-state index in [0.717, 1.165) is 43.7 Å². The second-order valence-electron chi connectivity index (χ2n) is 4.96. The lowest BCUT2D eigenvalue weighted by atomic mass is 9.94. The zero-order valence-electron chi connectivity index (χ0n) is 11.2. The van der Waals surface area contributed by atoms with Gasteiger partial charge in [0.2, 0.25) is 5.91 Å². The number of piperidine rings is 1. The van der Waals surface area contributed by atoms with Gasteiger partial charge in [0.05, 0.1) is 11.4 Å². The van der Waals surface area contributed by atoms with Gasteiger partial charge in [-0.25, -0.2) is 0 Å². The Morgan fingerprint density at radius 2 is 2.28 bits per heavy atom. The van der Waals surface area contributed by atoms with Crippen LogP contribution in [0.25, 0.3) is 0 Å². The molecular formula is C13H22N4O. The fraction of sp³-hybridized carbons (Fsp3) is 0.692. The van der Waals surface area contributed by atoms with E-state index in [-0.39, 0.29) is 5.91 Å². The van der Waals surface area contributed by atoms with Gasteiger partial charge in [0.25, 0.3) is 0 Å². The molecule has 1 aliphatic rings. The van der Waals surface area contributed by atoms with Gasteiger partial charge in [0.15, 0.2) is 0 Å². The van der Waals surface area contributed by atoms with Crippen molar-refractivity contribution in [2.75, 3.05) is 18.4 Å². The number of nitrogens with one attached hydrogen (secondary N) is 2. The highest BCUT2D eigenvalue weighted by atomic mass is 16.1. The van der Waals surface area contributed by atoms with Gasteiger partial charge in [0, 0.05) is 19.7 Å². The monoisotopic (exact) mass is 250 g/mol. The Hall–Kier alpha value is -1.36. The molecule has 1 aromatic heterocycles. The Morgan fingerprint density at radius 1 is 1.56 bits per heavy atom. The van der Waals surface area contributed by atoms with Crippen LogP contribution in [-0.4, -0.2) is 28.8 Å². The average Bonchev–Trinajstić information content (AvgIpc) is 2.70. The van der Waals surface area contributed by atoms with Crippen LogP contribution >= 0.6 is 0 Å². The van der Waals surface area contributed by atoms with Gasteiger partial charge in [-0.3, -0.25) is 9.48 Å². The molecule has 2 heterocycles. The summed E-state index contributed by atoms with van der Waals surface area (Å²) in [4.78, 5) is 12.0. The summed E-state index contributed by atoms with van der Waals surface area (Å²) in [6.45, 7) is 4.11. The van der Waals surface area contributed by atoms with Crippen molar-refractivity contribution in [3.8, 4) is 0 Å². The number of anilines is 1. The first-order chi connectivity index (χ1) is 8.69. The van der Waals surface area contributed by atoms with Crippen LogP contribution in [-0.2, 0) is 18.3 Å². The lowest BCUT2D eigenvalue weighted by Crippen LogP contribution is -2.30. The van der Waals surface area contributed by atoms with Crippen LogP contribution in [0.4, 0.5) is 5.69 Å². The van der Waals surface area contributed by atoms with E-state index in [9.17, 15) is 4.79 Å². The van der Waals surface area contributed by atoms with Crippen LogP contribution in [0.1, 0.15) is 31.9 Å². The lowest BCUT2D eigenvalue weighted by Gasteiger charge is -2.21. The fourth-order valence-electron chi connectivity index (χ4n) is 2.45. The third-order valence-electron chi connectivity index (χ3n) is 3.45. The average molecular weight is 250 g/mol. The van der Waals surface area contributed by atoms with Gasteiger partial charge < -0.3 is 10.6 Å². The van der Waals surface area contributed by atoms with Crippen molar-refractivity contribution in [3.05, 3.63) is 11.9 Å². The highest BCUT2D eigenvalue weighted by molar-refractivity contribution is 5.91. The zero-order valence-corrected chi connectivity index (χ0v) is 11.2. The van der Waals surface area contributed by atoms with Gasteiger partial charge in [0.1, 0.15) is 0 Å². The zero-order chi connectivity index (χ0) is 13.0. The minimum atomic E-state index is 0.115.